The van der Waals surface area contributed by atoms with Gasteiger partial charge in [-0.2, -0.15) is 8.42 Å². The Kier molecular flexibility index (Phi) is 4.69. The molecule has 0 aliphatic rings. The molecular formula is C6H15NO4S. The van der Waals surface area contributed by atoms with Crippen molar-refractivity contribution in [3.63, 3.8) is 0 Å². The van der Waals surface area contributed by atoms with E-state index in [2.05, 4.69) is 0 Å². The lowest BCUT2D eigenvalue weighted by atomic mass is 10.1. The molecule has 0 rings (SSSR count). The Balaban J connectivity index is 3.80. The maximum Gasteiger partial charge on any atom is 0.280 e. The molecule has 0 saturated carbocycles. The van der Waals surface area contributed by atoms with Crippen molar-refractivity contribution in [2.24, 2.45) is 5.73 Å². The number of nitrogens with two attached hydrogens (primary N) is 1. The Morgan fingerprint density at radius 2 is 1.92 bits per heavy atom. The van der Waals surface area contributed by atoms with Gasteiger partial charge in [0, 0.05) is 0 Å². The first-order chi connectivity index (χ1) is 5.38. The predicted octanol–water partition coefficient (Wildman–Crippen LogP) is -0.290. The molecule has 6 heteroatoms. The third-order valence-electron chi connectivity index (χ3n) is 1.64. The molecule has 0 saturated heterocycles. The Labute approximate surface area is 72.3 Å². The van der Waals surface area contributed by atoms with Gasteiger partial charge in [-0.05, 0) is 19.3 Å². The fraction of sp³-hybridized carbons (Fsp3) is 1.00. The molecule has 1 unspecified atom stereocenters. The second kappa shape index (κ2) is 4.76. The van der Waals surface area contributed by atoms with Crippen LogP contribution in [-0.4, -0.2) is 29.6 Å². The van der Waals surface area contributed by atoms with Crippen LogP contribution in [0.25, 0.3) is 0 Å². The summed E-state index contributed by atoms with van der Waals surface area (Å²) < 4.78 is 29.2. The van der Waals surface area contributed by atoms with Gasteiger partial charge in [0.1, 0.15) is 5.37 Å². The molecule has 0 heterocycles. The highest BCUT2D eigenvalue weighted by Crippen LogP contribution is 2.06. The molecule has 0 fully saturated rings. The summed E-state index contributed by atoms with van der Waals surface area (Å²) in [7, 11) is -4.14. The van der Waals surface area contributed by atoms with Crippen molar-refractivity contribution in [2.45, 2.75) is 37.7 Å². The van der Waals surface area contributed by atoms with Crippen LogP contribution in [0.5, 0.6) is 0 Å². The minimum Gasteiger partial charge on any atom is -0.393 e. The molecule has 4 N–H and O–H groups in total. The standard InChI is InChI=1S/C6H15NO4S/c1-2-5(8)3-4-6(7)12(9,10)11/h5-6,8H,2-4,7H2,1H3,(H,9,10,11)/t5-,6?/m0/s1. The molecule has 0 bridgehead atoms. The van der Waals surface area contributed by atoms with Crippen molar-refractivity contribution < 1.29 is 18.1 Å². The van der Waals surface area contributed by atoms with Crippen molar-refractivity contribution in [1.29, 1.82) is 0 Å². The van der Waals surface area contributed by atoms with Crippen LogP contribution in [0, 0.1) is 0 Å². The molecular weight excluding hydrogens is 182 g/mol. The van der Waals surface area contributed by atoms with Crippen molar-refractivity contribution >= 4 is 10.1 Å². The van der Waals surface area contributed by atoms with Gasteiger partial charge in [-0.1, -0.05) is 6.92 Å². The monoisotopic (exact) mass is 197 g/mol. The van der Waals surface area contributed by atoms with Crippen LogP contribution >= 0.6 is 0 Å². The first-order valence-corrected chi connectivity index (χ1v) is 5.28. The fourth-order valence-electron chi connectivity index (χ4n) is 0.710. The number of hydrogen-bond acceptors (Lipinski definition) is 4. The molecule has 5 nitrogen and oxygen atoms in total. The Hall–Kier alpha value is -0.170. The zero-order chi connectivity index (χ0) is 9.78. The second-order valence-electron chi connectivity index (χ2n) is 2.69. The van der Waals surface area contributed by atoms with E-state index >= 15 is 0 Å². The average molecular weight is 197 g/mol. The van der Waals surface area contributed by atoms with Gasteiger partial charge in [-0.3, -0.25) is 4.55 Å². The predicted molar refractivity (Wildman–Crippen MR) is 45.1 cm³/mol. The van der Waals surface area contributed by atoms with E-state index in [1.54, 1.807) is 6.92 Å². The van der Waals surface area contributed by atoms with Crippen LogP contribution < -0.4 is 5.73 Å². The van der Waals surface area contributed by atoms with Crippen LogP contribution in [0.4, 0.5) is 0 Å². The van der Waals surface area contributed by atoms with Crippen molar-refractivity contribution in [3.05, 3.63) is 0 Å². The van der Waals surface area contributed by atoms with Gasteiger partial charge in [0.05, 0.1) is 6.10 Å². The lowest BCUT2D eigenvalue weighted by molar-refractivity contribution is 0.157. The van der Waals surface area contributed by atoms with E-state index in [0.29, 0.717) is 6.42 Å². The van der Waals surface area contributed by atoms with E-state index in [4.69, 9.17) is 15.4 Å². The number of aliphatic hydroxyl groups excluding tert-OH is 1. The highest BCUT2D eigenvalue weighted by molar-refractivity contribution is 7.86. The molecule has 0 aromatic rings. The van der Waals surface area contributed by atoms with Gasteiger partial charge in [0.15, 0.2) is 0 Å². The molecule has 2 atom stereocenters. The smallest absolute Gasteiger partial charge is 0.280 e. The zero-order valence-corrected chi connectivity index (χ0v) is 7.79. The number of aliphatic hydroxyl groups is 1. The first kappa shape index (κ1) is 11.8. The van der Waals surface area contributed by atoms with Crippen molar-refractivity contribution in [1.82, 2.24) is 0 Å². The molecule has 0 spiro atoms. The van der Waals surface area contributed by atoms with E-state index in [1.807, 2.05) is 0 Å². The Bertz CT molecular complexity index is 214. The van der Waals surface area contributed by atoms with E-state index in [1.165, 1.54) is 0 Å². The molecule has 0 aliphatic carbocycles. The maximum atomic E-state index is 10.4. The largest absolute Gasteiger partial charge is 0.393 e. The molecule has 0 radical (unpaired) electrons. The molecule has 74 valence electrons. The van der Waals surface area contributed by atoms with Crippen LogP contribution in [0.15, 0.2) is 0 Å². The Morgan fingerprint density at radius 3 is 2.25 bits per heavy atom. The summed E-state index contributed by atoms with van der Waals surface area (Å²) in [6.07, 6.45) is 0.376. The minimum atomic E-state index is -4.14. The summed E-state index contributed by atoms with van der Waals surface area (Å²) in [5, 5.41) is 7.76. The molecule has 0 aliphatic heterocycles. The summed E-state index contributed by atoms with van der Waals surface area (Å²) in [4.78, 5) is 0. The van der Waals surface area contributed by atoms with Crippen LogP contribution in [0.2, 0.25) is 0 Å². The van der Waals surface area contributed by atoms with E-state index in [-0.39, 0.29) is 12.8 Å². The quantitative estimate of drug-likeness (QED) is 0.526. The lowest BCUT2D eigenvalue weighted by Crippen LogP contribution is -2.30. The van der Waals surface area contributed by atoms with Gasteiger partial charge in [0.2, 0.25) is 0 Å². The second-order valence-corrected chi connectivity index (χ2v) is 4.33. The fourth-order valence-corrected chi connectivity index (χ4v) is 1.14. The van der Waals surface area contributed by atoms with Crippen LogP contribution in [-0.2, 0) is 10.1 Å². The zero-order valence-electron chi connectivity index (χ0n) is 6.97. The molecule has 0 amide bonds. The van der Waals surface area contributed by atoms with E-state index < -0.39 is 21.6 Å². The maximum absolute atomic E-state index is 10.4. The third kappa shape index (κ3) is 4.66. The first-order valence-electron chi connectivity index (χ1n) is 3.77. The SMILES string of the molecule is CC[C@H](O)CCC(N)S(=O)(=O)O. The summed E-state index contributed by atoms with van der Waals surface area (Å²) in [5.74, 6) is 0. The van der Waals surface area contributed by atoms with Crippen molar-refractivity contribution in [3.8, 4) is 0 Å². The van der Waals surface area contributed by atoms with Gasteiger partial charge < -0.3 is 10.8 Å². The van der Waals surface area contributed by atoms with Gasteiger partial charge in [-0.15, -0.1) is 0 Å². The minimum absolute atomic E-state index is 0.0772. The van der Waals surface area contributed by atoms with Crippen molar-refractivity contribution in [2.75, 3.05) is 0 Å². The summed E-state index contributed by atoms with van der Waals surface area (Å²) >= 11 is 0. The molecule has 12 heavy (non-hydrogen) atoms. The van der Waals surface area contributed by atoms with Crippen LogP contribution in [0.1, 0.15) is 26.2 Å². The Morgan fingerprint density at radius 1 is 1.42 bits per heavy atom. The van der Waals surface area contributed by atoms with E-state index in [0.717, 1.165) is 0 Å². The summed E-state index contributed by atoms with van der Waals surface area (Å²) in [5.41, 5.74) is 5.10. The van der Waals surface area contributed by atoms with Gasteiger partial charge >= 0.3 is 0 Å². The third-order valence-corrected chi connectivity index (χ3v) is 2.64. The van der Waals surface area contributed by atoms with Crippen LogP contribution in [0.3, 0.4) is 0 Å². The molecule has 0 aromatic heterocycles. The average Bonchev–Trinajstić information content (AvgIpc) is 1.97. The lowest BCUT2D eigenvalue weighted by Gasteiger charge is -2.10. The van der Waals surface area contributed by atoms with E-state index in [9.17, 15) is 8.42 Å². The van der Waals surface area contributed by atoms with Gasteiger partial charge in [-0.25, -0.2) is 0 Å². The summed E-state index contributed by atoms with van der Waals surface area (Å²) in [6.45, 7) is 1.78. The normalized spacial score (nSPS) is 17.3. The number of rotatable bonds is 5. The highest BCUT2D eigenvalue weighted by atomic mass is 32.2. The topological polar surface area (TPSA) is 101 Å². The summed E-state index contributed by atoms with van der Waals surface area (Å²) in [6, 6.07) is 0. The molecule has 0 aromatic carbocycles. The number of hydrogen-bond donors (Lipinski definition) is 3. The van der Waals surface area contributed by atoms with Gasteiger partial charge in [0.25, 0.3) is 10.1 Å². The highest BCUT2D eigenvalue weighted by Gasteiger charge is 2.18.